The standard InChI is InChI=1S/C25H26F3N3O/c1-4-13-31(24(32)29-23-12-5-8-18(2)19(23)3)17-22-11-7-14-30(22)16-20-9-6-10-21(15-20)25(26,27)28/h4-12,14-15H,1,13,16-17H2,2-3H3,(H,29,32). The molecule has 168 valence electrons. The van der Waals surface area contributed by atoms with Gasteiger partial charge in [0.1, 0.15) is 0 Å². The fourth-order valence-electron chi connectivity index (χ4n) is 3.44. The number of aryl methyl sites for hydroxylation is 1. The molecule has 0 aliphatic rings. The highest BCUT2D eigenvalue weighted by atomic mass is 19.4. The van der Waals surface area contributed by atoms with E-state index in [4.69, 9.17) is 0 Å². The number of nitrogens with one attached hydrogen (secondary N) is 1. The topological polar surface area (TPSA) is 37.3 Å². The SMILES string of the molecule is C=CCN(Cc1cccn1Cc1cccc(C(F)(F)F)c1)C(=O)Nc1cccc(C)c1C. The minimum atomic E-state index is -4.39. The van der Waals surface area contributed by atoms with Crippen LogP contribution in [0.4, 0.5) is 23.7 Å². The van der Waals surface area contributed by atoms with E-state index < -0.39 is 11.7 Å². The molecule has 1 N–H and O–H groups in total. The summed E-state index contributed by atoms with van der Waals surface area (Å²) in [6.07, 6.45) is -0.949. The maximum Gasteiger partial charge on any atom is 0.416 e. The highest BCUT2D eigenvalue weighted by Gasteiger charge is 2.30. The molecule has 0 spiro atoms. The van der Waals surface area contributed by atoms with Crippen molar-refractivity contribution in [2.24, 2.45) is 0 Å². The molecule has 0 atom stereocenters. The second kappa shape index (κ2) is 9.77. The van der Waals surface area contributed by atoms with E-state index in [0.29, 0.717) is 12.1 Å². The zero-order chi connectivity index (χ0) is 23.3. The van der Waals surface area contributed by atoms with Crippen molar-refractivity contribution in [2.45, 2.75) is 33.1 Å². The maximum atomic E-state index is 13.0. The van der Waals surface area contributed by atoms with Gasteiger partial charge >= 0.3 is 12.2 Å². The molecular formula is C25H26F3N3O. The van der Waals surface area contributed by atoms with Gasteiger partial charge in [-0.3, -0.25) is 0 Å². The van der Waals surface area contributed by atoms with Crippen LogP contribution in [-0.2, 0) is 19.3 Å². The lowest BCUT2D eigenvalue weighted by atomic mass is 10.1. The third-order valence-electron chi connectivity index (χ3n) is 5.37. The number of benzene rings is 2. The number of amides is 2. The molecule has 0 saturated carbocycles. The van der Waals surface area contributed by atoms with Crippen molar-refractivity contribution in [3.63, 3.8) is 0 Å². The predicted octanol–water partition coefficient (Wildman–Crippen LogP) is 6.39. The Labute approximate surface area is 186 Å². The number of carbonyl (C=O) groups is 1. The second-order valence-corrected chi connectivity index (χ2v) is 7.67. The zero-order valence-corrected chi connectivity index (χ0v) is 18.1. The Morgan fingerprint density at radius 1 is 1.12 bits per heavy atom. The molecule has 3 aromatic rings. The first-order chi connectivity index (χ1) is 15.2. The zero-order valence-electron chi connectivity index (χ0n) is 18.1. The Hall–Kier alpha value is -3.48. The first-order valence-corrected chi connectivity index (χ1v) is 10.2. The maximum absolute atomic E-state index is 13.0. The number of halogens is 3. The molecule has 0 bridgehead atoms. The number of anilines is 1. The lowest BCUT2D eigenvalue weighted by Gasteiger charge is -2.23. The van der Waals surface area contributed by atoms with Crippen LogP contribution in [0.1, 0.15) is 27.9 Å². The van der Waals surface area contributed by atoms with E-state index in [2.05, 4.69) is 11.9 Å². The van der Waals surface area contributed by atoms with E-state index in [9.17, 15) is 18.0 Å². The summed E-state index contributed by atoms with van der Waals surface area (Å²) in [5.41, 5.74) is 3.47. The van der Waals surface area contributed by atoms with E-state index >= 15 is 0 Å². The second-order valence-electron chi connectivity index (χ2n) is 7.67. The number of rotatable bonds is 7. The average molecular weight is 441 g/mol. The van der Waals surface area contributed by atoms with E-state index in [1.165, 1.54) is 6.07 Å². The van der Waals surface area contributed by atoms with Gasteiger partial charge in [-0.15, -0.1) is 6.58 Å². The molecule has 0 radical (unpaired) electrons. The highest BCUT2D eigenvalue weighted by molar-refractivity contribution is 5.90. The minimum Gasteiger partial charge on any atom is -0.345 e. The number of carbonyl (C=O) groups excluding carboxylic acids is 1. The summed E-state index contributed by atoms with van der Waals surface area (Å²) in [6, 6.07) is 14.4. The van der Waals surface area contributed by atoms with Gasteiger partial charge in [0.25, 0.3) is 0 Å². The third-order valence-corrected chi connectivity index (χ3v) is 5.37. The normalized spacial score (nSPS) is 11.3. The van der Waals surface area contributed by atoms with Crippen LogP contribution in [0, 0.1) is 13.8 Å². The molecular weight excluding hydrogens is 415 g/mol. The Bertz CT molecular complexity index is 1100. The Morgan fingerprint density at radius 2 is 1.88 bits per heavy atom. The van der Waals surface area contributed by atoms with Crippen LogP contribution >= 0.6 is 0 Å². The molecule has 4 nitrogen and oxygen atoms in total. The van der Waals surface area contributed by atoms with E-state index in [1.807, 2.05) is 48.7 Å². The van der Waals surface area contributed by atoms with Crippen molar-refractivity contribution in [3.8, 4) is 0 Å². The van der Waals surface area contributed by atoms with Crippen LogP contribution in [0.3, 0.4) is 0 Å². The summed E-state index contributed by atoms with van der Waals surface area (Å²) in [6.45, 7) is 8.55. The molecule has 1 aromatic heterocycles. The van der Waals surface area contributed by atoms with E-state index in [1.54, 1.807) is 23.2 Å². The third kappa shape index (κ3) is 5.60. The van der Waals surface area contributed by atoms with Gasteiger partial charge in [-0.05, 0) is 60.9 Å². The molecule has 7 heteroatoms. The van der Waals surface area contributed by atoms with Gasteiger partial charge in [0, 0.05) is 30.7 Å². The fourth-order valence-corrected chi connectivity index (χ4v) is 3.44. The largest absolute Gasteiger partial charge is 0.416 e. The van der Waals surface area contributed by atoms with Crippen molar-refractivity contribution >= 4 is 11.7 Å². The fraction of sp³-hybridized carbons (Fsp3) is 0.240. The summed E-state index contributed by atoms with van der Waals surface area (Å²) in [4.78, 5) is 14.6. The van der Waals surface area contributed by atoms with Crippen molar-refractivity contribution in [1.82, 2.24) is 9.47 Å². The van der Waals surface area contributed by atoms with E-state index in [0.717, 1.165) is 34.6 Å². The lowest BCUT2D eigenvalue weighted by Crippen LogP contribution is -2.35. The Balaban J connectivity index is 1.77. The van der Waals surface area contributed by atoms with Gasteiger partial charge in [-0.2, -0.15) is 13.2 Å². The van der Waals surface area contributed by atoms with Gasteiger partial charge in [0.15, 0.2) is 0 Å². The lowest BCUT2D eigenvalue weighted by molar-refractivity contribution is -0.137. The van der Waals surface area contributed by atoms with Gasteiger partial charge in [-0.1, -0.05) is 30.3 Å². The molecule has 32 heavy (non-hydrogen) atoms. The molecule has 0 fully saturated rings. The number of alkyl halides is 3. The van der Waals surface area contributed by atoms with Crippen LogP contribution < -0.4 is 5.32 Å². The Kier molecular flexibility index (Phi) is 7.08. The quantitative estimate of drug-likeness (QED) is 0.424. The molecule has 2 amide bonds. The minimum absolute atomic E-state index is 0.271. The van der Waals surface area contributed by atoms with Gasteiger partial charge in [0.2, 0.25) is 0 Å². The van der Waals surface area contributed by atoms with Crippen LogP contribution in [0.25, 0.3) is 0 Å². The molecule has 3 rings (SSSR count). The van der Waals surface area contributed by atoms with Crippen molar-refractivity contribution in [1.29, 1.82) is 0 Å². The smallest absolute Gasteiger partial charge is 0.345 e. The number of nitrogens with zero attached hydrogens (tertiary/aromatic N) is 2. The number of hydrogen-bond acceptors (Lipinski definition) is 1. The van der Waals surface area contributed by atoms with Gasteiger partial charge < -0.3 is 14.8 Å². The molecule has 1 heterocycles. The number of hydrogen-bond donors (Lipinski definition) is 1. The summed E-state index contributed by atoms with van der Waals surface area (Å²) < 4.78 is 41.0. The monoisotopic (exact) mass is 441 g/mol. The van der Waals surface area contributed by atoms with Crippen molar-refractivity contribution in [3.05, 3.63) is 101 Å². The van der Waals surface area contributed by atoms with Gasteiger partial charge in [0.05, 0.1) is 12.1 Å². The Morgan fingerprint density at radius 3 is 2.59 bits per heavy atom. The molecule has 0 aliphatic carbocycles. The van der Waals surface area contributed by atoms with Gasteiger partial charge in [-0.25, -0.2) is 4.79 Å². The molecule has 0 saturated heterocycles. The first-order valence-electron chi connectivity index (χ1n) is 10.2. The summed E-state index contributed by atoms with van der Waals surface area (Å²) in [7, 11) is 0. The summed E-state index contributed by atoms with van der Waals surface area (Å²) in [5.74, 6) is 0. The summed E-state index contributed by atoms with van der Waals surface area (Å²) >= 11 is 0. The van der Waals surface area contributed by atoms with Crippen LogP contribution in [0.2, 0.25) is 0 Å². The average Bonchev–Trinajstić information content (AvgIpc) is 3.17. The highest BCUT2D eigenvalue weighted by Crippen LogP contribution is 2.29. The number of aromatic nitrogens is 1. The summed E-state index contributed by atoms with van der Waals surface area (Å²) in [5, 5.41) is 2.95. The van der Waals surface area contributed by atoms with Crippen LogP contribution in [0.5, 0.6) is 0 Å². The molecule has 0 aliphatic heterocycles. The first kappa shape index (κ1) is 23.2. The molecule has 0 unspecified atom stereocenters. The van der Waals surface area contributed by atoms with E-state index in [-0.39, 0.29) is 19.1 Å². The predicted molar refractivity (Wildman–Crippen MR) is 121 cm³/mol. The van der Waals surface area contributed by atoms with Crippen molar-refractivity contribution < 1.29 is 18.0 Å². The number of urea groups is 1. The van der Waals surface area contributed by atoms with Crippen LogP contribution in [-0.4, -0.2) is 22.0 Å². The van der Waals surface area contributed by atoms with Crippen molar-refractivity contribution in [2.75, 3.05) is 11.9 Å². The molecule has 2 aromatic carbocycles. The van der Waals surface area contributed by atoms with Crippen LogP contribution in [0.15, 0.2) is 73.4 Å².